The standard InChI is InChI=1S/C24H18ClFN4O5S2/c1-3-34-18-10-13(4-9-17(18)35-21-16(26)12-27-23(25)28-21)11-19-22(32)30(24(36)37-19)29-20(31)14-5-7-15(33-2)8-6-14/h4-12H,3H2,1-2H3,(H,29,31)/b19-11+. The quantitative estimate of drug-likeness (QED) is 0.231. The van der Waals surface area contributed by atoms with Crippen molar-refractivity contribution < 1.29 is 28.2 Å². The smallest absolute Gasteiger partial charge is 0.285 e. The predicted octanol–water partition coefficient (Wildman–Crippen LogP) is 5.01. The maximum absolute atomic E-state index is 14.0. The molecule has 2 heterocycles. The van der Waals surface area contributed by atoms with Crippen LogP contribution in [0.25, 0.3) is 6.08 Å². The molecule has 0 atom stereocenters. The normalized spacial score (nSPS) is 14.2. The third-order valence-corrected chi connectivity index (χ3v) is 6.30. The highest BCUT2D eigenvalue weighted by atomic mass is 35.5. The number of nitrogens with zero attached hydrogens (tertiary/aromatic N) is 3. The van der Waals surface area contributed by atoms with Gasteiger partial charge in [0.15, 0.2) is 15.8 Å². The molecule has 1 aromatic heterocycles. The first-order valence-corrected chi connectivity index (χ1v) is 12.2. The molecule has 0 unspecified atom stereocenters. The number of hydrogen-bond donors (Lipinski definition) is 1. The zero-order valence-electron chi connectivity index (χ0n) is 19.4. The first kappa shape index (κ1) is 26.3. The maximum atomic E-state index is 14.0. The number of methoxy groups -OCH3 is 1. The molecule has 190 valence electrons. The summed E-state index contributed by atoms with van der Waals surface area (Å²) >= 11 is 12.1. The second-order valence-electron chi connectivity index (χ2n) is 7.22. The zero-order valence-corrected chi connectivity index (χ0v) is 21.7. The van der Waals surface area contributed by atoms with Crippen molar-refractivity contribution in [2.45, 2.75) is 6.92 Å². The van der Waals surface area contributed by atoms with Gasteiger partial charge in [0.1, 0.15) is 5.75 Å². The summed E-state index contributed by atoms with van der Waals surface area (Å²) in [5.41, 5.74) is 3.44. The molecular weight excluding hydrogens is 543 g/mol. The minimum absolute atomic E-state index is 0.166. The molecule has 0 aliphatic carbocycles. The van der Waals surface area contributed by atoms with Crippen molar-refractivity contribution in [3.05, 3.63) is 75.8 Å². The maximum Gasteiger partial charge on any atom is 0.285 e. The van der Waals surface area contributed by atoms with Crippen molar-refractivity contribution in [2.75, 3.05) is 13.7 Å². The second kappa shape index (κ2) is 11.5. The summed E-state index contributed by atoms with van der Waals surface area (Å²) in [5, 5.41) is 0.841. The predicted molar refractivity (Wildman–Crippen MR) is 140 cm³/mol. The Hall–Kier alpha value is -3.74. The average molecular weight is 561 g/mol. The molecule has 13 heteroatoms. The van der Waals surface area contributed by atoms with E-state index in [0.717, 1.165) is 23.0 Å². The van der Waals surface area contributed by atoms with Crippen molar-refractivity contribution in [3.63, 3.8) is 0 Å². The van der Waals surface area contributed by atoms with Gasteiger partial charge in [0.05, 0.1) is 24.8 Å². The summed E-state index contributed by atoms with van der Waals surface area (Å²) in [5.74, 6) is -1.08. The minimum atomic E-state index is -0.795. The van der Waals surface area contributed by atoms with Gasteiger partial charge in [0.2, 0.25) is 11.1 Å². The molecule has 9 nitrogen and oxygen atoms in total. The molecule has 1 aliphatic rings. The van der Waals surface area contributed by atoms with E-state index in [-0.39, 0.29) is 31.9 Å². The van der Waals surface area contributed by atoms with Gasteiger partial charge in [-0.05, 0) is 78.8 Å². The number of hydrogen-bond acceptors (Lipinski definition) is 9. The van der Waals surface area contributed by atoms with E-state index >= 15 is 0 Å². The van der Waals surface area contributed by atoms with E-state index in [1.54, 1.807) is 55.5 Å². The topological polar surface area (TPSA) is 103 Å². The Labute approximate surface area is 225 Å². The first-order valence-electron chi connectivity index (χ1n) is 10.6. The van der Waals surface area contributed by atoms with Gasteiger partial charge in [-0.1, -0.05) is 17.8 Å². The fraction of sp³-hybridized carbons (Fsp3) is 0.125. The molecule has 0 radical (unpaired) electrons. The summed E-state index contributed by atoms with van der Waals surface area (Å²) in [4.78, 5) is 33.1. The highest BCUT2D eigenvalue weighted by molar-refractivity contribution is 8.26. The molecule has 2 aromatic carbocycles. The van der Waals surface area contributed by atoms with Crippen molar-refractivity contribution in [1.82, 2.24) is 20.4 Å². The number of rotatable bonds is 8. The van der Waals surface area contributed by atoms with Crippen molar-refractivity contribution >= 4 is 57.8 Å². The van der Waals surface area contributed by atoms with Crippen LogP contribution in [0.4, 0.5) is 4.39 Å². The number of ether oxygens (including phenoxy) is 3. The van der Waals surface area contributed by atoms with Crippen LogP contribution in [0.3, 0.4) is 0 Å². The SMILES string of the molecule is CCOc1cc(/C=C2/SC(=S)N(NC(=O)c3ccc(OC)cc3)C2=O)ccc1Oc1nc(Cl)ncc1F. The fourth-order valence-corrected chi connectivity index (χ4v) is 4.40. The number of benzene rings is 2. The Morgan fingerprint density at radius 2 is 2.00 bits per heavy atom. The average Bonchev–Trinajstić information content (AvgIpc) is 3.15. The van der Waals surface area contributed by atoms with Crippen LogP contribution in [0.5, 0.6) is 23.1 Å². The van der Waals surface area contributed by atoms with E-state index in [2.05, 4.69) is 15.4 Å². The zero-order chi connectivity index (χ0) is 26.5. The number of carbonyl (C=O) groups excluding carboxylic acids is 2. The van der Waals surface area contributed by atoms with Gasteiger partial charge in [0.25, 0.3) is 17.7 Å². The molecular formula is C24H18ClFN4O5S2. The van der Waals surface area contributed by atoms with Gasteiger partial charge >= 0.3 is 0 Å². The van der Waals surface area contributed by atoms with Gasteiger partial charge in [-0.15, -0.1) is 0 Å². The highest BCUT2D eigenvalue weighted by Crippen LogP contribution is 2.36. The molecule has 0 saturated carbocycles. The fourth-order valence-electron chi connectivity index (χ4n) is 3.10. The molecule has 0 spiro atoms. The van der Waals surface area contributed by atoms with Crippen molar-refractivity contribution in [3.8, 4) is 23.1 Å². The summed E-state index contributed by atoms with van der Waals surface area (Å²) in [6, 6.07) is 11.2. The van der Waals surface area contributed by atoms with Gasteiger partial charge in [-0.25, -0.2) is 4.98 Å². The largest absolute Gasteiger partial charge is 0.497 e. The summed E-state index contributed by atoms with van der Waals surface area (Å²) in [6.07, 6.45) is 2.49. The Morgan fingerprint density at radius 1 is 1.24 bits per heavy atom. The van der Waals surface area contributed by atoms with E-state index in [9.17, 15) is 14.0 Å². The molecule has 1 saturated heterocycles. The molecule has 2 amide bonds. The number of amides is 2. The number of thioether (sulfide) groups is 1. The lowest BCUT2D eigenvalue weighted by atomic mass is 10.2. The van der Waals surface area contributed by atoms with Gasteiger partial charge in [-0.2, -0.15) is 14.4 Å². The Bertz CT molecular complexity index is 1400. The molecule has 0 bridgehead atoms. The van der Waals surface area contributed by atoms with Crippen LogP contribution in [0.2, 0.25) is 5.28 Å². The third-order valence-electron chi connectivity index (χ3n) is 4.81. The monoisotopic (exact) mass is 560 g/mol. The lowest BCUT2D eigenvalue weighted by Crippen LogP contribution is -2.44. The van der Waals surface area contributed by atoms with E-state index in [4.69, 9.17) is 38.0 Å². The summed E-state index contributed by atoms with van der Waals surface area (Å²) in [7, 11) is 1.52. The third kappa shape index (κ3) is 6.16. The molecule has 4 rings (SSSR count). The second-order valence-corrected chi connectivity index (χ2v) is 9.23. The number of carbonyl (C=O) groups is 2. The van der Waals surface area contributed by atoms with E-state index in [0.29, 0.717) is 23.5 Å². The van der Waals surface area contributed by atoms with Crippen molar-refractivity contribution in [1.29, 1.82) is 0 Å². The molecule has 37 heavy (non-hydrogen) atoms. The minimum Gasteiger partial charge on any atom is -0.497 e. The van der Waals surface area contributed by atoms with Crippen LogP contribution in [0.1, 0.15) is 22.8 Å². The Kier molecular flexibility index (Phi) is 8.21. The van der Waals surface area contributed by atoms with Gasteiger partial charge in [-0.3, -0.25) is 15.0 Å². The van der Waals surface area contributed by atoms with Crippen LogP contribution < -0.4 is 19.6 Å². The van der Waals surface area contributed by atoms with Crippen LogP contribution in [0.15, 0.2) is 53.6 Å². The molecule has 3 aromatic rings. The molecule has 1 aliphatic heterocycles. The van der Waals surface area contributed by atoms with E-state index in [1.807, 2.05) is 0 Å². The van der Waals surface area contributed by atoms with Crippen LogP contribution >= 0.6 is 35.6 Å². The van der Waals surface area contributed by atoms with Crippen LogP contribution in [-0.4, -0.2) is 44.8 Å². The number of halogens is 2. The Balaban J connectivity index is 1.53. The van der Waals surface area contributed by atoms with Gasteiger partial charge in [0, 0.05) is 5.56 Å². The lowest BCUT2D eigenvalue weighted by Gasteiger charge is -2.15. The number of hydrazine groups is 1. The number of thiocarbonyl (C=S) groups is 1. The van der Waals surface area contributed by atoms with Gasteiger partial charge < -0.3 is 14.2 Å². The van der Waals surface area contributed by atoms with Crippen LogP contribution in [0, 0.1) is 5.82 Å². The van der Waals surface area contributed by atoms with E-state index in [1.165, 1.54) is 7.11 Å². The summed E-state index contributed by atoms with van der Waals surface area (Å²) in [6.45, 7) is 2.07. The molecule has 1 N–H and O–H groups in total. The molecule has 1 fully saturated rings. The Morgan fingerprint density at radius 3 is 2.70 bits per heavy atom. The summed E-state index contributed by atoms with van der Waals surface area (Å²) < 4.78 is 30.4. The first-order chi connectivity index (χ1) is 17.8. The number of nitrogens with one attached hydrogen (secondary N) is 1. The van der Waals surface area contributed by atoms with Crippen molar-refractivity contribution in [2.24, 2.45) is 0 Å². The van der Waals surface area contributed by atoms with Crippen LogP contribution in [-0.2, 0) is 4.79 Å². The number of aromatic nitrogens is 2. The highest BCUT2D eigenvalue weighted by Gasteiger charge is 2.34. The van der Waals surface area contributed by atoms with E-state index < -0.39 is 17.6 Å². The lowest BCUT2D eigenvalue weighted by molar-refractivity contribution is -0.123.